The van der Waals surface area contributed by atoms with Gasteiger partial charge in [0.15, 0.2) is 0 Å². The number of allylic oxidation sites excluding steroid dienone is 22. The van der Waals surface area contributed by atoms with Crippen LogP contribution in [0.1, 0.15) is 136 Å². The third-order valence-corrected chi connectivity index (χ3v) is 8.62. The Morgan fingerprint density at radius 3 is 1.27 bits per heavy atom. The maximum atomic E-state index is 12.8. The second kappa shape index (κ2) is 44.6. The maximum absolute atomic E-state index is 12.8. The number of carbonyl (C=O) groups is 3. The van der Waals surface area contributed by atoms with Crippen LogP contribution in [0.25, 0.3) is 0 Å². The average molecular weight is 815 g/mol. The SMILES string of the molecule is CCC=CCC=CCC=CCC=CCC=CCC=CCCC(=O)N[C@@H](CCCCNC(=O)CCCC=CCC=CCC=CCC=CCC=CCC)C(=O)OC(CO)CO. The zero-order valence-corrected chi connectivity index (χ0v) is 36.4. The molecule has 0 radical (unpaired) electrons. The second-order valence-electron chi connectivity index (χ2n) is 13.9. The number of hydrogen-bond donors (Lipinski definition) is 4. The molecule has 59 heavy (non-hydrogen) atoms. The summed E-state index contributed by atoms with van der Waals surface area (Å²) in [7, 11) is 0. The van der Waals surface area contributed by atoms with E-state index in [1.807, 2.05) is 12.2 Å². The van der Waals surface area contributed by atoms with Gasteiger partial charge in [0, 0.05) is 19.4 Å². The zero-order valence-electron chi connectivity index (χ0n) is 36.4. The van der Waals surface area contributed by atoms with E-state index in [1.54, 1.807) is 0 Å². The minimum Gasteiger partial charge on any atom is -0.456 e. The number of esters is 1. The molecule has 0 bridgehead atoms. The van der Waals surface area contributed by atoms with E-state index in [4.69, 9.17) is 4.74 Å². The van der Waals surface area contributed by atoms with E-state index in [-0.39, 0.29) is 18.2 Å². The minimum absolute atomic E-state index is 0.00949. The van der Waals surface area contributed by atoms with Crippen LogP contribution < -0.4 is 10.6 Å². The standard InChI is InChI=1S/C51H78N2O6/c1-3-5-7-9-11-13-15-17-19-21-22-24-26-28-30-32-34-36-38-43-50(57)53-48(51(58)59-47(45-54)46-55)41-39-40-44-52-49(56)42-37-35-33-31-29-27-25-23-20-18-16-14-12-10-8-6-4-2/h5-8,11-14,17-20,22,24-25,27-28,30-31,33-34,36,47-48,54-55H,3-4,9-10,15-16,21,23,26,29,32,35,37-46H2,1-2H3,(H,52,56)(H,53,57)/t48-/m0/s1. The Morgan fingerprint density at radius 1 is 0.475 bits per heavy atom. The fourth-order valence-electron chi connectivity index (χ4n) is 5.29. The van der Waals surface area contributed by atoms with Crippen molar-refractivity contribution in [1.29, 1.82) is 0 Å². The van der Waals surface area contributed by atoms with Crippen molar-refractivity contribution in [3.63, 3.8) is 0 Å². The van der Waals surface area contributed by atoms with E-state index < -0.39 is 31.3 Å². The van der Waals surface area contributed by atoms with Gasteiger partial charge in [-0.05, 0) is 109 Å². The quantitative estimate of drug-likeness (QED) is 0.0281. The molecular formula is C51H78N2O6. The lowest BCUT2D eigenvalue weighted by Crippen LogP contribution is -2.44. The van der Waals surface area contributed by atoms with Crippen LogP contribution in [-0.4, -0.2) is 59.9 Å². The molecule has 0 aliphatic rings. The number of amides is 2. The van der Waals surface area contributed by atoms with E-state index in [0.717, 1.165) is 83.5 Å². The van der Waals surface area contributed by atoms with Gasteiger partial charge >= 0.3 is 5.97 Å². The van der Waals surface area contributed by atoms with Gasteiger partial charge in [-0.3, -0.25) is 9.59 Å². The van der Waals surface area contributed by atoms with Crippen molar-refractivity contribution in [2.75, 3.05) is 19.8 Å². The van der Waals surface area contributed by atoms with Crippen molar-refractivity contribution in [3.05, 3.63) is 134 Å². The highest BCUT2D eigenvalue weighted by Gasteiger charge is 2.24. The molecule has 0 saturated heterocycles. The maximum Gasteiger partial charge on any atom is 0.329 e. The molecule has 0 spiro atoms. The van der Waals surface area contributed by atoms with Crippen LogP contribution in [0.3, 0.4) is 0 Å². The van der Waals surface area contributed by atoms with Crippen LogP contribution in [0.2, 0.25) is 0 Å². The highest BCUT2D eigenvalue weighted by Crippen LogP contribution is 2.07. The van der Waals surface area contributed by atoms with E-state index in [0.29, 0.717) is 38.6 Å². The Bertz CT molecular complexity index is 1370. The third kappa shape index (κ3) is 40.1. The van der Waals surface area contributed by atoms with Gasteiger partial charge in [-0.25, -0.2) is 4.79 Å². The van der Waals surface area contributed by atoms with Crippen LogP contribution in [0, 0.1) is 0 Å². The Labute approximate surface area is 358 Å². The number of rotatable bonds is 37. The van der Waals surface area contributed by atoms with Crippen molar-refractivity contribution in [2.45, 2.75) is 148 Å². The Kier molecular flexibility index (Phi) is 41.1. The molecule has 2 amide bonds. The molecule has 0 aromatic carbocycles. The van der Waals surface area contributed by atoms with E-state index >= 15 is 0 Å². The number of ether oxygens (including phenoxy) is 1. The fourth-order valence-corrected chi connectivity index (χ4v) is 5.29. The summed E-state index contributed by atoms with van der Waals surface area (Å²) in [6.07, 6.45) is 61.0. The van der Waals surface area contributed by atoms with Crippen LogP contribution in [0.5, 0.6) is 0 Å². The molecule has 8 nitrogen and oxygen atoms in total. The highest BCUT2D eigenvalue weighted by atomic mass is 16.6. The van der Waals surface area contributed by atoms with Gasteiger partial charge in [0.05, 0.1) is 13.2 Å². The summed E-state index contributed by atoms with van der Waals surface area (Å²) < 4.78 is 5.20. The number of aliphatic hydroxyl groups is 2. The summed E-state index contributed by atoms with van der Waals surface area (Å²) >= 11 is 0. The molecule has 328 valence electrons. The number of unbranched alkanes of at least 4 members (excludes halogenated alkanes) is 2. The van der Waals surface area contributed by atoms with E-state index in [2.05, 4.69) is 146 Å². The number of nitrogens with one attached hydrogen (secondary N) is 2. The molecule has 0 fully saturated rings. The van der Waals surface area contributed by atoms with Crippen LogP contribution >= 0.6 is 0 Å². The first kappa shape index (κ1) is 54.5. The van der Waals surface area contributed by atoms with E-state index in [9.17, 15) is 24.6 Å². The molecule has 4 N–H and O–H groups in total. The lowest BCUT2D eigenvalue weighted by molar-refractivity contribution is -0.157. The van der Waals surface area contributed by atoms with Crippen LogP contribution in [0.4, 0.5) is 0 Å². The van der Waals surface area contributed by atoms with Gasteiger partial charge in [0.25, 0.3) is 0 Å². The predicted molar refractivity (Wildman–Crippen MR) is 249 cm³/mol. The van der Waals surface area contributed by atoms with Crippen molar-refractivity contribution in [1.82, 2.24) is 10.6 Å². The largest absolute Gasteiger partial charge is 0.456 e. The topological polar surface area (TPSA) is 125 Å². The lowest BCUT2D eigenvalue weighted by Gasteiger charge is -2.20. The van der Waals surface area contributed by atoms with Gasteiger partial charge in [-0.15, -0.1) is 0 Å². The van der Waals surface area contributed by atoms with E-state index in [1.165, 1.54) is 0 Å². The molecule has 0 rings (SSSR count). The zero-order chi connectivity index (χ0) is 43.1. The molecule has 0 heterocycles. The smallest absolute Gasteiger partial charge is 0.329 e. The Morgan fingerprint density at radius 2 is 0.864 bits per heavy atom. The lowest BCUT2D eigenvalue weighted by atomic mass is 10.1. The second-order valence-corrected chi connectivity index (χ2v) is 13.9. The molecule has 0 aliphatic heterocycles. The van der Waals surface area contributed by atoms with Gasteiger partial charge < -0.3 is 25.6 Å². The first-order valence-corrected chi connectivity index (χ1v) is 22.1. The molecule has 0 aromatic heterocycles. The summed E-state index contributed by atoms with van der Waals surface area (Å²) in [4.78, 5) is 37.8. The Balaban J connectivity index is 4.31. The molecule has 0 saturated carbocycles. The summed E-state index contributed by atoms with van der Waals surface area (Å²) in [5, 5.41) is 24.4. The molecule has 1 atom stereocenters. The number of hydrogen-bond acceptors (Lipinski definition) is 6. The number of aliphatic hydroxyl groups excluding tert-OH is 2. The molecule has 0 aliphatic carbocycles. The predicted octanol–water partition coefficient (Wildman–Crippen LogP) is 11.1. The van der Waals surface area contributed by atoms with Crippen molar-refractivity contribution < 1.29 is 29.3 Å². The minimum atomic E-state index is -1.05. The summed E-state index contributed by atoms with van der Waals surface area (Å²) in [5.74, 6) is -0.985. The van der Waals surface area contributed by atoms with Gasteiger partial charge in [-0.1, -0.05) is 148 Å². The first-order valence-electron chi connectivity index (χ1n) is 22.1. The highest BCUT2D eigenvalue weighted by molar-refractivity contribution is 5.84. The average Bonchev–Trinajstić information content (AvgIpc) is 3.24. The fraction of sp³-hybridized carbons (Fsp3) is 0.510. The normalized spacial score (nSPS) is 13.4. The van der Waals surface area contributed by atoms with Crippen LogP contribution in [0.15, 0.2) is 134 Å². The van der Waals surface area contributed by atoms with Crippen molar-refractivity contribution >= 4 is 17.8 Å². The summed E-state index contributed by atoms with van der Waals surface area (Å²) in [6, 6.07) is -0.910. The van der Waals surface area contributed by atoms with Gasteiger partial charge in [0.2, 0.25) is 11.8 Å². The van der Waals surface area contributed by atoms with Crippen molar-refractivity contribution in [2.24, 2.45) is 0 Å². The number of carbonyl (C=O) groups excluding carboxylic acids is 3. The molecule has 0 aromatic rings. The van der Waals surface area contributed by atoms with Gasteiger partial charge in [-0.2, -0.15) is 0 Å². The molecule has 8 heteroatoms. The summed E-state index contributed by atoms with van der Waals surface area (Å²) in [5.41, 5.74) is 0. The van der Waals surface area contributed by atoms with Crippen molar-refractivity contribution in [3.8, 4) is 0 Å². The third-order valence-electron chi connectivity index (χ3n) is 8.62. The first-order chi connectivity index (χ1) is 29.0. The molecular weight excluding hydrogens is 737 g/mol. The van der Waals surface area contributed by atoms with Gasteiger partial charge in [0.1, 0.15) is 12.1 Å². The molecule has 0 unspecified atom stereocenters. The Hall–Kier alpha value is -4.53. The van der Waals surface area contributed by atoms with Crippen LogP contribution in [-0.2, 0) is 19.1 Å². The monoisotopic (exact) mass is 815 g/mol. The summed E-state index contributed by atoms with van der Waals surface area (Å²) in [6.45, 7) is 3.72.